The van der Waals surface area contributed by atoms with Gasteiger partial charge in [-0.2, -0.15) is 0 Å². The molecule has 0 saturated heterocycles. The second kappa shape index (κ2) is 52.2. The molecule has 0 spiro atoms. The van der Waals surface area contributed by atoms with Crippen molar-refractivity contribution in [1.82, 2.24) is 0 Å². The highest BCUT2D eigenvalue weighted by Gasteiger charge is 2.16. The first-order valence-electron chi connectivity index (χ1n) is 26.7. The highest BCUT2D eigenvalue weighted by molar-refractivity contribution is 5.70. The molecule has 61 heavy (non-hydrogen) atoms. The topological polar surface area (TPSA) is 72.8 Å². The molecule has 0 radical (unpaired) electrons. The Morgan fingerprint density at radius 1 is 0.377 bits per heavy atom. The Hall–Kier alpha value is -2.14. The summed E-state index contributed by atoms with van der Waals surface area (Å²) in [5.41, 5.74) is 0. The lowest BCUT2D eigenvalue weighted by Crippen LogP contribution is -2.28. The number of hydrogen-bond acceptors (Lipinski definition) is 5. The van der Waals surface area contributed by atoms with Crippen molar-refractivity contribution >= 4 is 11.9 Å². The molecule has 356 valence electrons. The van der Waals surface area contributed by atoms with Crippen LogP contribution in [0.15, 0.2) is 48.6 Å². The van der Waals surface area contributed by atoms with Crippen molar-refractivity contribution < 1.29 is 24.2 Å². The third-order valence-corrected chi connectivity index (χ3v) is 11.8. The smallest absolute Gasteiger partial charge is 0.306 e. The molecule has 0 amide bonds. The van der Waals surface area contributed by atoms with Crippen LogP contribution in [0.5, 0.6) is 0 Å². The van der Waals surface area contributed by atoms with Gasteiger partial charge < -0.3 is 14.6 Å². The predicted octanol–water partition coefficient (Wildman–Crippen LogP) is 17.7. The highest BCUT2D eigenvalue weighted by atomic mass is 16.6. The number of carbonyl (C=O) groups excluding carboxylic acids is 2. The van der Waals surface area contributed by atoms with Crippen LogP contribution in [0.4, 0.5) is 0 Å². The van der Waals surface area contributed by atoms with E-state index in [4.69, 9.17) is 9.47 Å². The molecule has 0 rings (SSSR count). The maximum absolute atomic E-state index is 12.2. The summed E-state index contributed by atoms with van der Waals surface area (Å²) in [5.74, 6) is -0.594. The molecule has 0 aromatic heterocycles. The summed E-state index contributed by atoms with van der Waals surface area (Å²) < 4.78 is 10.6. The number of allylic oxidation sites excluding steroid dienone is 8. The second-order valence-corrected chi connectivity index (χ2v) is 17.9. The van der Waals surface area contributed by atoms with Crippen molar-refractivity contribution in [2.45, 2.75) is 283 Å². The van der Waals surface area contributed by atoms with E-state index in [0.717, 1.165) is 64.2 Å². The van der Waals surface area contributed by atoms with E-state index in [1.165, 1.54) is 186 Å². The molecular formula is C56H102O5. The summed E-state index contributed by atoms with van der Waals surface area (Å²) in [7, 11) is 0. The first-order valence-corrected chi connectivity index (χ1v) is 26.7. The zero-order valence-corrected chi connectivity index (χ0v) is 40.7. The summed E-state index contributed by atoms with van der Waals surface area (Å²) in [6, 6.07) is 0. The fourth-order valence-electron chi connectivity index (χ4n) is 7.80. The fourth-order valence-corrected chi connectivity index (χ4v) is 7.80. The minimum atomic E-state index is -0.772. The van der Waals surface area contributed by atoms with Crippen molar-refractivity contribution in [2.75, 3.05) is 13.2 Å². The SMILES string of the molecule is CCC/C=C\CCCCCCCC(=O)OCC(CO)OC(=O)CCCCCCCCCCCCCCCCCCCCCCCC/C=C\C/C=C\C/C=C\CCCCCCC. The largest absolute Gasteiger partial charge is 0.462 e. The van der Waals surface area contributed by atoms with Crippen LogP contribution in [-0.2, 0) is 19.1 Å². The minimum Gasteiger partial charge on any atom is -0.462 e. The van der Waals surface area contributed by atoms with E-state index in [9.17, 15) is 14.7 Å². The molecule has 5 nitrogen and oxygen atoms in total. The average Bonchev–Trinajstić information content (AvgIpc) is 3.26. The van der Waals surface area contributed by atoms with Gasteiger partial charge in [-0.25, -0.2) is 0 Å². The summed E-state index contributed by atoms with van der Waals surface area (Å²) in [5, 5.41) is 9.58. The van der Waals surface area contributed by atoms with Gasteiger partial charge in [-0.3, -0.25) is 9.59 Å². The Kier molecular flexibility index (Phi) is 50.4. The number of unbranched alkanes of at least 4 members (excludes halogenated alkanes) is 33. The lowest BCUT2D eigenvalue weighted by molar-refractivity contribution is -0.161. The first kappa shape index (κ1) is 58.9. The molecule has 0 aliphatic heterocycles. The van der Waals surface area contributed by atoms with Crippen molar-refractivity contribution in [1.29, 1.82) is 0 Å². The molecule has 0 fully saturated rings. The normalized spacial score (nSPS) is 12.5. The molecule has 5 heteroatoms. The van der Waals surface area contributed by atoms with Crippen LogP contribution in [-0.4, -0.2) is 36.4 Å². The monoisotopic (exact) mass is 855 g/mol. The third-order valence-electron chi connectivity index (χ3n) is 11.8. The highest BCUT2D eigenvalue weighted by Crippen LogP contribution is 2.17. The van der Waals surface area contributed by atoms with E-state index < -0.39 is 6.10 Å². The zero-order valence-electron chi connectivity index (χ0n) is 40.7. The van der Waals surface area contributed by atoms with Gasteiger partial charge in [-0.05, 0) is 70.6 Å². The molecule has 1 N–H and O–H groups in total. The maximum Gasteiger partial charge on any atom is 0.306 e. The van der Waals surface area contributed by atoms with E-state index in [2.05, 4.69) is 62.5 Å². The number of ether oxygens (including phenoxy) is 2. The molecule has 0 saturated carbocycles. The number of aliphatic hydroxyl groups is 1. The van der Waals surface area contributed by atoms with Crippen molar-refractivity contribution in [2.24, 2.45) is 0 Å². The average molecular weight is 855 g/mol. The summed E-state index contributed by atoms with van der Waals surface area (Å²) in [4.78, 5) is 24.3. The molecular weight excluding hydrogens is 753 g/mol. The molecule has 0 aliphatic rings. The molecule has 0 bridgehead atoms. The van der Waals surface area contributed by atoms with Crippen LogP contribution in [0, 0.1) is 0 Å². The molecule has 0 heterocycles. The Bertz CT molecular complexity index is 1010. The van der Waals surface area contributed by atoms with Crippen molar-refractivity contribution in [3.05, 3.63) is 48.6 Å². The van der Waals surface area contributed by atoms with E-state index in [1.54, 1.807) is 0 Å². The Morgan fingerprint density at radius 2 is 0.689 bits per heavy atom. The maximum atomic E-state index is 12.2. The van der Waals surface area contributed by atoms with Crippen LogP contribution < -0.4 is 0 Å². The van der Waals surface area contributed by atoms with Crippen LogP contribution in [0.2, 0.25) is 0 Å². The van der Waals surface area contributed by atoms with Gasteiger partial charge in [0.15, 0.2) is 6.10 Å². The summed E-state index contributed by atoms with van der Waals surface area (Å²) >= 11 is 0. The van der Waals surface area contributed by atoms with Crippen molar-refractivity contribution in [3.63, 3.8) is 0 Å². The van der Waals surface area contributed by atoms with E-state index in [1.807, 2.05) is 0 Å². The second-order valence-electron chi connectivity index (χ2n) is 17.9. The number of hydrogen-bond donors (Lipinski definition) is 1. The molecule has 0 aromatic carbocycles. The third kappa shape index (κ3) is 50.4. The van der Waals surface area contributed by atoms with Crippen LogP contribution >= 0.6 is 0 Å². The first-order chi connectivity index (χ1) is 30.1. The molecule has 0 aromatic rings. The lowest BCUT2D eigenvalue weighted by atomic mass is 10.0. The minimum absolute atomic E-state index is 0.0675. The van der Waals surface area contributed by atoms with Crippen LogP contribution in [0.1, 0.15) is 277 Å². The fraction of sp³-hybridized carbons (Fsp3) is 0.821. The van der Waals surface area contributed by atoms with Crippen molar-refractivity contribution in [3.8, 4) is 0 Å². The van der Waals surface area contributed by atoms with Gasteiger partial charge >= 0.3 is 11.9 Å². The Labute approximate surface area is 379 Å². The van der Waals surface area contributed by atoms with Gasteiger partial charge in [0, 0.05) is 12.8 Å². The summed E-state index contributed by atoms with van der Waals surface area (Å²) in [6.07, 6.45) is 68.2. The Balaban J connectivity index is 3.38. The van der Waals surface area contributed by atoms with Crippen LogP contribution in [0.25, 0.3) is 0 Å². The number of carbonyl (C=O) groups is 2. The van der Waals surface area contributed by atoms with Gasteiger partial charge in [0.25, 0.3) is 0 Å². The number of aliphatic hydroxyl groups excluding tert-OH is 1. The summed E-state index contributed by atoms with van der Waals surface area (Å²) in [6.45, 7) is 4.07. The van der Waals surface area contributed by atoms with Gasteiger partial charge in [0.1, 0.15) is 6.61 Å². The van der Waals surface area contributed by atoms with Gasteiger partial charge in [-0.1, -0.05) is 242 Å². The van der Waals surface area contributed by atoms with E-state index >= 15 is 0 Å². The van der Waals surface area contributed by atoms with Gasteiger partial charge in [-0.15, -0.1) is 0 Å². The Morgan fingerprint density at radius 3 is 1.07 bits per heavy atom. The van der Waals surface area contributed by atoms with E-state index in [0.29, 0.717) is 12.8 Å². The predicted molar refractivity (Wildman–Crippen MR) is 265 cm³/mol. The molecule has 1 atom stereocenters. The van der Waals surface area contributed by atoms with E-state index in [-0.39, 0.29) is 25.2 Å². The quantitative estimate of drug-likeness (QED) is 0.0375. The molecule has 1 unspecified atom stereocenters. The van der Waals surface area contributed by atoms with Crippen LogP contribution in [0.3, 0.4) is 0 Å². The number of esters is 2. The van der Waals surface area contributed by atoms with Gasteiger partial charge in [0.05, 0.1) is 6.61 Å². The molecule has 0 aliphatic carbocycles. The standard InChI is InChI=1S/C56H102O5/c1-3-5-7-9-11-13-15-16-17-18-19-20-21-22-23-24-25-26-27-28-29-30-31-32-33-34-35-36-37-38-39-40-41-43-45-47-49-51-56(59)61-54(52-57)53-60-55(58)50-48-46-44-42-14-12-10-8-6-4-2/h8,10,15-16,18-19,21-22,54,57H,3-7,9,11-14,17,20,23-53H2,1-2H3/b10-8-,16-15-,19-18-,22-21-. The number of rotatable bonds is 49. The van der Waals surface area contributed by atoms with Gasteiger partial charge in [0.2, 0.25) is 0 Å². The zero-order chi connectivity index (χ0) is 44.2. The lowest BCUT2D eigenvalue weighted by Gasteiger charge is -2.15.